The Morgan fingerprint density at radius 1 is 1.38 bits per heavy atom. The highest BCUT2D eigenvalue weighted by Gasteiger charge is 2.27. The summed E-state index contributed by atoms with van der Waals surface area (Å²) in [6.45, 7) is 4.05. The van der Waals surface area contributed by atoms with E-state index in [1.54, 1.807) is 10.9 Å². The first-order valence-corrected chi connectivity index (χ1v) is 8.74. The van der Waals surface area contributed by atoms with E-state index in [2.05, 4.69) is 41.6 Å². The molecule has 1 fully saturated rings. The van der Waals surface area contributed by atoms with Crippen molar-refractivity contribution in [3.8, 4) is 0 Å². The minimum absolute atomic E-state index is 0.0515. The van der Waals surface area contributed by atoms with Gasteiger partial charge in [0, 0.05) is 32.3 Å². The summed E-state index contributed by atoms with van der Waals surface area (Å²) in [5, 5.41) is 7.73. The van der Waals surface area contributed by atoms with Crippen LogP contribution >= 0.6 is 11.6 Å². The number of amides is 2. The van der Waals surface area contributed by atoms with Crippen LogP contribution in [0.1, 0.15) is 36.1 Å². The molecular formula is C18H23ClN4O. The van der Waals surface area contributed by atoms with Crippen molar-refractivity contribution in [2.75, 3.05) is 13.1 Å². The molecule has 1 saturated heterocycles. The highest BCUT2D eigenvalue weighted by atomic mass is 35.5. The van der Waals surface area contributed by atoms with Gasteiger partial charge in [-0.15, -0.1) is 0 Å². The summed E-state index contributed by atoms with van der Waals surface area (Å²) in [6.07, 6.45) is 3.79. The van der Waals surface area contributed by atoms with E-state index in [1.807, 2.05) is 11.9 Å². The van der Waals surface area contributed by atoms with Crippen LogP contribution in [0.15, 0.2) is 30.5 Å². The van der Waals surface area contributed by atoms with Crippen molar-refractivity contribution in [3.05, 3.63) is 52.3 Å². The number of rotatable bonds is 4. The number of nitrogens with one attached hydrogen (secondary N) is 1. The van der Waals surface area contributed by atoms with Crippen molar-refractivity contribution in [2.45, 2.75) is 32.2 Å². The number of carbonyl (C=O) groups excluding carboxylic acids is 1. The SMILES string of the molecule is CCc1ccc(C2CCN(C(=O)NCc3nn(C)cc3Cl)C2)cc1. The maximum Gasteiger partial charge on any atom is 0.317 e. The third kappa shape index (κ3) is 3.73. The van der Waals surface area contributed by atoms with Crippen LogP contribution in [0.25, 0.3) is 0 Å². The Morgan fingerprint density at radius 3 is 2.75 bits per heavy atom. The van der Waals surface area contributed by atoms with Crippen LogP contribution in [0, 0.1) is 0 Å². The van der Waals surface area contributed by atoms with Crippen LogP contribution in [-0.4, -0.2) is 33.8 Å². The first kappa shape index (κ1) is 16.8. The van der Waals surface area contributed by atoms with Crippen molar-refractivity contribution in [1.82, 2.24) is 20.0 Å². The molecule has 2 aromatic rings. The second-order valence-corrected chi connectivity index (χ2v) is 6.69. The molecule has 1 aliphatic rings. The standard InChI is InChI=1S/C18H23ClN4O/c1-3-13-4-6-14(7-5-13)15-8-9-23(11-15)18(24)20-10-17-16(19)12-22(2)21-17/h4-7,12,15H,3,8-11H2,1-2H3,(H,20,24). The number of hydrogen-bond donors (Lipinski definition) is 1. The maximum atomic E-state index is 12.4. The van der Waals surface area contributed by atoms with Crippen molar-refractivity contribution in [1.29, 1.82) is 0 Å². The van der Waals surface area contributed by atoms with Gasteiger partial charge in [-0.2, -0.15) is 5.10 Å². The van der Waals surface area contributed by atoms with Gasteiger partial charge < -0.3 is 10.2 Å². The fraction of sp³-hybridized carbons (Fsp3) is 0.444. The first-order chi connectivity index (χ1) is 11.6. The highest BCUT2D eigenvalue weighted by Crippen LogP contribution is 2.27. The highest BCUT2D eigenvalue weighted by molar-refractivity contribution is 6.31. The Hall–Kier alpha value is -2.01. The molecule has 24 heavy (non-hydrogen) atoms. The number of urea groups is 1. The zero-order valence-corrected chi connectivity index (χ0v) is 14.9. The van der Waals surface area contributed by atoms with Gasteiger partial charge in [0.25, 0.3) is 0 Å². The lowest BCUT2D eigenvalue weighted by atomic mass is 9.97. The Bertz CT molecular complexity index is 710. The number of hydrogen-bond acceptors (Lipinski definition) is 2. The van der Waals surface area contributed by atoms with Crippen molar-refractivity contribution >= 4 is 17.6 Å². The van der Waals surface area contributed by atoms with Crippen LogP contribution < -0.4 is 5.32 Å². The third-order valence-corrected chi connectivity index (χ3v) is 4.91. The van der Waals surface area contributed by atoms with Crippen molar-refractivity contribution in [2.24, 2.45) is 7.05 Å². The first-order valence-electron chi connectivity index (χ1n) is 8.36. The fourth-order valence-electron chi connectivity index (χ4n) is 3.14. The smallest absolute Gasteiger partial charge is 0.317 e. The number of carbonyl (C=O) groups is 1. The number of likely N-dealkylation sites (tertiary alicyclic amines) is 1. The molecule has 0 aliphatic carbocycles. The monoisotopic (exact) mass is 346 g/mol. The lowest BCUT2D eigenvalue weighted by Gasteiger charge is -2.17. The molecule has 3 rings (SSSR count). The molecule has 6 heteroatoms. The lowest BCUT2D eigenvalue weighted by molar-refractivity contribution is 0.207. The minimum Gasteiger partial charge on any atom is -0.332 e. The number of benzene rings is 1. The molecule has 1 atom stereocenters. The van der Waals surface area contributed by atoms with Gasteiger partial charge in [-0.3, -0.25) is 4.68 Å². The van der Waals surface area contributed by atoms with Crippen LogP contribution in [0.2, 0.25) is 5.02 Å². The zero-order chi connectivity index (χ0) is 17.1. The molecule has 1 N–H and O–H groups in total. The Morgan fingerprint density at radius 2 is 2.12 bits per heavy atom. The van der Waals surface area contributed by atoms with E-state index in [4.69, 9.17) is 11.6 Å². The van der Waals surface area contributed by atoms with Gasteiger partial charge in [-0.1, -0.05) is 42.8 Å². The van der Waals surface area contributed by atoms with E-state index in [9.17, 15) is 4.79 Å². The van der Waals surface area contributed by atoms with Gasteiger partial charge >= 0.3 is 6.03 Å². The number of halogens is 1. The van der Waals surface area contributed by atoms with Gasteiger partial charge in [0.15, 0.2) is 0 Å². The van der Waals surface area contributed by atoms with Crippen molar-refractivity contribution in [3.63, 3.8) is 0 Å². The summed E-state index contributed by atoms with van der Waals surface area (Å²) in [5.74, 6) is 0.417. The maximum absolute atomic E-state index is 12.4. The van der Waals surface area contributed by atoms with Gasteiger partial charge in [0.05, 0.1) is 11.6 Å². The molecule has 2 heterocycles. The predicted molar refractivity (Wildman–Crippen MR) is 95.2 cm³/mol. The zero-order valence-electron chi connectivity index (χ0n) is 14.1. The molecule has 1 aliphatic heterocycles. The van der Waals surface area contributed by atoms with Gasteiger partial charge in [-0.25, -0.2) is 4.79 Å². The quantitative estimate of drug-likeness (QED) is 0.923. The third-order valence-electron chi connectivity index (χ3n) is 4.60. The molecule has 1 aromatic heterocycles. The molecule has 0 radical (unpaired) electrons. The Labute approximate surface area is 147 Å². The van der Waals surface area contributed by atoms with E-state index < -0.39 is 0 Å². The summed E-state index contributed by atoms with van der Waals surface area (Å²) >= 11 is 6.07. The van der Waals surface area contributed by atoms with Crippen LogP contribution in [0.4, 0.5) is 4.79 Å². The molecule has 128 valence electrons. The Kier molecular flexibility index (Phi) is 5.09. The number of aryl methyl sites for hydroxylation is 2. The fourth-order valence-corrected chi connectivity index (χ4v) is 3.38. The van der Waals surface area contributed by atoms with Crippen LogP contribution in [0.3, 0.4) is 0 Å². The van der Waals surface area contributed by atoms with E-state index in [0.29, 0.717) is 23.2 Å². The molecule has 0 saturated carbocycles. The summed E-state index contributed by atoms with van der Waals surface area (Å²) in [5.41, 5.74) is 3.35. The predicted octanol–water partition coefficient (Wildman–Crippen LogP) is 3.34. The minimum atomic E-state index is -0.0515. The van der Waals surface area contributed by atoms with Gasteiger partial charge in [0.2, 0.25) is 0 Å². The van der Waals surface area contributed by atoms with Crippen LogP contribution in [-0.2, 0) is 20.0 Å². The molecule has 0 spiro atoms. The normalized spacial score (nSPS) is 17.3. The molecule has 2 amide bonds. The lowest BCUT2D eigenvalue weighted by Crippen LogP contribution is -2.38. The summed E-state index contributed by atoms with van der Waals surface area (Å²) in [7, 11) is 1.81. The van der Waals surface area contributed by atoms with E-state index >= 15 is 0 Å². The van der Waals surface area contributed by atoms with E-state index in [0.717, 1.165) is 25.9 Å². The number of nitrogens with zero attached hydrogens (tertiary/aromatic N) is 3. The van der Waals surface area contributed by atoms with Crippen molar-refractivity contribution < 1.29 is 4.79 Å². The molecule has 1 unspecified atom stereocenters. The summed E-state index contributed by atoms with van der Waals surface area (Å²) in [4.78, 5) is 14.2. The van der Waals surface area contributed by atoms with E-state index in [1.165, 1.54) is 11.1 Å². The average molecular weight is 347 g/mol. The van der Waals surface area contributed by atoms with Gasteiger partial charge in [-0.05, 0) is 24.0 Å². The molecule has 5 nitrogen and oxygen atoms in total. The second kappa shape index (κ2) is 7.26. The molecule has 0 bridgehead atoms. The van der Waals surface area contributed by atoms with Crippen LogP contribution in [0.5, 0.6) is 0 Å². The Balaban J connectivity index is 1.54. The topological polar surface area (TPSA) is 50.2 Å². The largest absolute Gasteiger partial charge is 0.332 e. The summed E-state index contributed by atoms with van der Waals surface area (Å²) in [6, 6.07) is 8.70. The molecular weight excluding hydrogens is 324 g/mol. The number of aromatic nitrogens is 2. The van der Waals surface area contributed by atoms with E-state index in [-0.39, 0.29) is 6.03 Å². The summed E-state index contributed by atoms with van der Waals surface area (Å²) < 4.78 is 1.65. The molecule has 1 aromatic carbocycles. The second-order valence-electron chi connectivity index (χ2n) is 6.28. The average Bonchev–Trinajstić information content (AvgIpc) is 3.19. The van der Waals surface area contributed by atoms with Gasteiger partial charge in [0.1, 0.15) is 5.69 Å².